The summed E-state index contributed by atoms with van der Waals surface area (Å²) in [5, 5.41) is 48.7. The van der Waals surface area contributed by atoms with E-state index in [1.165, 1.54) is 13.0 Å². The van der Waals surface area contributed by atoms with Gasteiger partial charge < -0.3 is 25.5 Å². The van der Waals surface area contributed by atoms with Crippen LogP contribution in [0, 0.1) is 6.92 Å². The highest BCUT2D eigenvalue weighted by Crippen LogP contribution is 2.47. The highest BCUT2D eigenvalue weighted by molar-refractivity contribution is 6.15. The number of carbonyl (C=O) groups is 1. The van der Waals surface area contributed by atoms with Crippen LogP contribution in [0.3, 0.4) is 0 Å². The minimum atomic E-state index is -0.688. The Labute approximate surface area is 119 Å². The van der Waals surface area contributed by atoms with Crippen LogP contribution in [0.1, 0.15) is 32.6 Å². The smallest absolute Gasteiger partial charge is 0.200 e. The van der Waals surface area contributed by atoms with Crippen molar-refractivity contribution < 1.29 is 30.3 Å². The average Bonchev–Trinajstić information content (AvgIpc) is 2.41. The van der Waals surface area contributed by atoms with E-state index in [1.54, 1.807) is 0 Å². The minimum absolute atomic E-state index is 0.0212. The number of hydrogen-bond acceptors (Lipinski definition) is 6. The molecule has 0 saturated carbocycles. The molecule has 21 heavy (non-hydrogen) atoms. The number of aromatic hydroxyl groups is 5. The quantitative estimate of drug-likeness (QED) is 0.401. The summed E-state index contributed by atoms with van der Waals surface area (Å²) in [7, 11) is 0. The third kappa shape index (κ3) is 1.62. The lowest BCUT2D eigenvalue weighted by molar-refractivity contribution is 0.103. The lowest BCUT2D eigenvalue weighted by Crippen LogP contribution is -2.17. The Morgan fingerprint density at radius 3 is 2.24 bits per heavy atom. The van der Waals surface area contributed by atoms with Crippen LogP contribution in [0.5, 0.6) is 28.7 Å². The van der Waals surface area contributed by atoms with Gasteiger partial charge in [0.2, 0.25) is 5.75 Å². The number of fused-ring (bicyclic) bond motifs is 2. The zero-order valence-corrected chi connectivity index (χ0v) is 11.0. The Morgan fingerprint density at radius 2 is 1.57 bits per heavy atom. The lowest BCUT2D eigenvalue weighted by Gasteiger charge is -2.23. The van der Waals surface area contributed by atoms with Crippen LogP contribution in [-0.4, -0.2) is 31.3 Å². The van der Waals surface area contributed by atoms with Crippen molar-refractivity contribution in [2.75, 3.05) is 0 Å². The largest absolute Gasteiger partial charge is 0.508 e. The van der Waals surface area contributed by atoms with Gasteiger partial charge in [-0.1, -0.05) is 0 Å². The molecule has 0 unspecified atom stereocenters. The molecule has 0 bridgehead atoms. The molecule has 0 amide bonds. The van der Waals surface area contributed by atoms with Crippen LogP contribution in [0.15, 0.2) is 12.1 Å². The van der Waals surface area contributed by atoms with Crippen molar-refractivity contribution in [1.82, 2.24) is 0 Å². The summed E-state index contributed by atoms with van der Waals surface area (Å²) in [4.78, 5) is 12.5. The second-order valence-corrected chi connectivity index (χ2v) is 5.03. The first-order valence-electron chi connectivity index (χ1n) is 6.18. The Bertz CT molecular complexity index is 807. The highest BCUT2D eigenvalue weighted by Gasteiger charge is 2.33. The third-order valence-corrected chi connectivity index (χ3v) is 3.77. The Kier molecular flexibility index (Phi) is 2.53. The van der Waals surface area contributed by atoms with E-state index in [-0.39, 0.29) is 40.2 Å². The number of rotatable bonds is 0. The zero-order chi connectivity index (χ0) is 15.5. The molecule has 6 nitrogen and oxygen atoms in total. The molecule has 0 spiro atoms. The molecule has 0 aromatic heterocycles. The van der Waals surface area contributed by atoms with Crippen molar-refractivity contribution >= 4 is 5.78 Å². The molecule has 0 heterocycles. The van der Waals surface area contributed by atoms with Gasteiger partial charge in [0.15, 0.2) is 17.3 Å². The predicted molar refractivity (Wildman–Crippen MR) is 72.2 cm³/mol. The van der Waals surface area contributed by atoms with Gasteiger partial charge in [-0.15, -0.1) is 0 Å². The first-order valence-corrected chi connectivity index (χ1v) is 6.18. The van der Waals surface area contributed by atoms with Crippen LogP contribution >= 0.6 is 0 Å². The first kappa shape index (κ1) is 13.1. The molecule has 0 radical (unpaired) electrons. The van der Waals surface area contributed by atoms with Crippen LogP contribution in [-0.2, 0) is 6.42 Å². The third-order valence-electron chi connectivity index (χ3n) is 3.77. The fourth-order valence-electron chi connectivity index (χ4n) is 2.76. The predicted octanol–water partition coefficient (Wildman–Crippen LogP) is 1.66. The first-order chi connectivity index (χ1) is 9.82. The van der Waals surface area contributed by atoms with Crippen LogP contribution in [0.25, 0.3) is 0 Å². The van der Waals surface area contributed by atoms with Gasteiger partial charge in [-0.2, -0.15) is 0 Å². The second-order valence-electron chi connectivity index (χ2n) is 5.03. The van der Waals surface area contributed by atoms with E-state index in [9.17, 15) is 30.3 Å². The van der Waals surface area contributed by atoms with Crippen molar-refractivity contribution in [3.8, 4) is 28.7 Å². The summed E-state index contributed by atoms with van der Waals surface area (Å²) in [5.74, 6) is -2.98. The van der Waals surface area contributed by atoms with Crippen molar-refractivity contribution in [2.45, 2.75) is 13.3 Å². The fourth-order valence-corrected chi connectivity index (χ4v) is 2.76. The average molecular weight is 288 g/mol. The number of phenols is 5. The maximum Gasteiger partial charge on any atom is 0.200 e. The van der Waals surface area contributed by atoms with Crippen molar-refractivity contribution in [1.29, 1.82) is 0 Å². The van der Waals surface area contributed by atoms with Crippen molar-refractivity contribution in [3.63, 3.8) is 0 Å². The van der Waals surface area contributed by atoms with Crippen molar-refractivity contribution in [3.05, 3.63) is 39.9 Å². The molecule has 1 aliphatic rings. The number of phenolic OH excluding ortho intramolecular Hbond substituents is 5. The van der Waals surface area contributed by atoms with Crippen LogP contribution < -0.4 is 0 Å². The summed E-state index contributed by atoms with van der Waals surface area (Å²) in [5.41, 5.74) is 0.697. The van der Waals surface area contributed by atoms with E-state index >= 15 is 0 Å². The lowest BCUT2D eigenvalue weighted by atomic mass is 9.81. The molecule has 6 heteroatoms. The Hall–Kier alpha value is -2.89. The number of ketones is 1. The molecule has 2 aromatic carbocycles. The SMILES string of the molecule is Cc1c(O)c(O)c(O)c2c1C(=O)c1c(O)cc(O)cc1C2. The van der Waals surface area contributed by atoms with E-state index in [1.807, 2.05) is 0 Å². The maximum atomic E-state index is 12.5. The topological polar surface area (TPSA) is 118 Å². The van der Waals surface area contributed by atoms with E-state index in [0.717, 1.165) is 6.07 Å². The zero-order valence-electron chi connectivity index (χ0n) is 11.0. The van der Waals surface area contributed by atoms with Gasteiger partial charge in [-0.05, 0) is 18.6 Å². The van der Waals surface area contributed by atoms with E-state index < -0.39 is 23.0 Å². The summed E-state index contributed by atoms with van der Waals surface area (Å²) in [6.45, 7) is 1.44. The van der Waals surface area contributed by atoms with Gasteiger partial charge in [-0.25, -0.2) is 0 Å². The molecule has 0 saturated heterocycles. The van der Waals surface area contributed by atoms with E-state index in [2.05, 4.69) is 0 Å². The Balaban J connectivity index is 2.37. The monoisotopic (exact) mass is 288 g/mol. The molecule has 0 atom stereocenters. The standard InChI is InChI=1S/C15H12O6/c1-5-10-8(13(19)15(21)12(5)18)3-6-2-7(16)4-9(17)11(6)14(10)20/h2,4,16-19,21H,3H2,1H3. The normalized spacial score (nSPS) is 12.9. The number of benzene rings is 2. The number of hydrogen-bond donors (Lipinski definition) is 5. The van der Waals surface area contributed by atoms with Gasteiger partial charge in [0.1, 0.15) is 11.5 Å². The molecule has 0 fully saturated rings. The fraction of sp³-hybridized carbons (Fsp3) is 0.133. The molecule has 2 aromatic rings. The van der Waals surface area contributed by atoms with Gasteiger partial charge in [0.25, 0.3) is 0 Å². The molecule has 3 rings (SSSR count). The van der Waals surface area contributed by atoms with Gasteiger partial charge in [-0.3, -0.25) is 4.79 Å². The van der Waals surface area contributed by atoms with E-state index in [0.29, 0.717) is 5.56 Å². The van der Waals surface area contributed by atoms with Gasteiger partial charge in [0, 0.05) is 29.2 Å². The second kappa shape index (κ2) is 4.05. The van der Waals surface area contributed by atoms with Crippen molar-refractivity contribution in [2.24, 2.45) is 0 Å². The summed E-state index contributed by atoms with van der Waals surface area (Å²) in [6, 6.07) is 2.37. The minimum Gasteiger partial charge on any atom is -0.508 e. The van der Waals surface area contributed by atoms with E-state index in [4.69, 9.17) is 0 Å². The summed E-state index contributed by atoms with van der Waals surface area (Å²) in [6.07, 6.45) is 0.0406. The van der Waals surface area contributed by atoms with Gasteiger partial charge >= 0.3 is 0 Å². The highest BCUT2D eigenvalue weighted by atomic mass is 16.3. The molecular formula is C15H12O6. The molecule has 108 valence electrons. The van der Waals surface area contributed by atoms with Gasteiger partial charge in [0.05, 0.1) is 5.56 Å². The maximum absolute atomic E-state index is 12.5. The summed E-state index contributed by atoms with van der Waals surface area (Å²) >= 11 is 0. The van der Waals surface area contributed by atoms with Crippen LogP contribution in [0.2, 0.25) is 0 Å². The molecular weight excluding hydrogens is 276 g/mol. The molecule has 0 aliphatic heterocycles. The number of carbonyl (C=O) groups excluding carboxylic acids is 1. The molecule has 1 aliphatic carbocycles. The molecule has 5 N–H and O–H groups in total. The van der Waals surface area contributed by atoms with Crippen LogP contribution in [0.4, 0.5) is 0 Å². The summed E-state index contributed by atoms with van der Waals surface area (Å²) < 4.78 is 0. The Morgan fingerprint density at radius 1 is 0.905 bits per heavy atom.